The van der Waals surface area contributed by atoms with Crippen LogP contribution in [0, 0.1) is 0 Å². The molecule has 0 aromatic heterocycles. The van der Waals surface area contributed by atoms with Crippen LogP contribution in [0.5, 0.6) is 0 Å². The Hall–Kier alpha value is 0.668. The third kappa shape index (κ3) is 5.19. The van der Waals surface area contributed by atoms with Gasteiger partial charge in [-0.15, -0.1) is 0 Å². The van der Waals surface area contributed by atoms with Gasteiger partial charge in [-0.3, -0.25) is 0 Å². The molecular weight excluding hydrogens is 437 g/mol. The molecule has 2 nitrogen and oxygen atoms in total. The Bertz CT molecular complexity index is 231. The summed E-state index contributed by atoms with van der Waals surface area (Å²) in [7, 11) is 9.75. The summed E-state index contributed by atoms with van der Waals surface area (Å²) in [6.45, 7) is 0. The maximum absolute atomic E-state index is 7.13. The van der Waals surface area contributed by atoms with E-state index in [4.69, 9.17) is 53.5 Å². The Kier molecular flexibility index (Phi) is 7.39. The Labute approximate surface area is 103 Å². The number of hydrogen-bond donors (Lipinski definition) is 0. The van der Waals surface area contributed by atoms with Gasteiger partial charge in [0.25, 0.3) is 0 Å². The first-order valence-corrected chi connectivity index (χ1v) is 9.16. The molecule has 13 heavy (non-hydrogen) atoms. The van der Waals surface area contributed by atoms with E-state index < -0.39 is 16.5 Å². The fourth-order valence-electron chi connectivity index (χ4n) is 0.547. The molecule has 1 aromatic carbocycles. The van der Waals surface area contributed by atoms with Crippen LogP contribution < -0.4 is 0 Å². The Morgan fingerprint density at radius 1 is 0.923 bits per heavy atom. The van der Waals surface area contributed by atoms with E-state index in [0.717, 1.165) is 0 Å². The van der Waals surface area contributed by atoms with Gasteiger partial charge in [0.2, 0.25) is 0 Å². The van der Waals surface area contributed by atoms with Crippen LogP contribution in [-0.2, 0) is 16.5 Å². The zero-order chi connectivity index (χ0) is 10.4. The molecule has 0 heterocycles. The number of halogens is 4. The second-order valence-electron chi connectivity index (χ2n) is 1.86. The van der Waals surface area contributed by atoms with Crippen LogP contribution in [0.1, 0.15) is 0 Å². The number of hydrogen-bond acceptors (Lipinski definition) is 0. The summed E-state index contributed by atoms with van der Waals surface area (Å²) in [4.78, 5) is 0. The minimum atomic E-state index is -0.472. The van der Waals surface area contributed by atoms with E-state index >= 15 is 0 Å². The third-order valence-corrected chi connectivity index (χ3v) is 1.78. The molecule has 1 rings (SSSR count). The van der Waals surface area contributed by atoms with E-state index in [-0.39, 0.29) is 11.4 Å². The molecule has 0 atom stereocenters. The molecule has 0 saturated heterocycles. The van der Waals surface area contributed by atoms with Gasteiger partial charge in [0.1, 0.15) is 0 Å². The van der Waals surface area contributed by atoms with Crippen molar-refractivity contribution in [2.45, 2.75) is 0 Å². The average molecular weight is 441 g/mol. The van der Waals surface area contributed by atoms with E-state index in [2.05, 4.69) is 0 Å². The van der Waals surface area contributed by atoms with Crippen molar-refractivity contribution in [1.29, 1.82) is 0 Å². The SMILES string of the molecule is [Cl][Pt+2][Cl].[NH-]c1cc(Cl)c(Cl)cc1[NH-]. The van der Waals surface area contributed by atoms with Gasteiger partial charge in [-0.1, -0.05) is 35.3 Å². The predicted octanol–water partition coefficient (Wildman–Crippen LogP) is 5.74. The maximum atomic E-state index is 7.13. The Morgan fingerprint density at radius 3 is 1.38 bits per heavy atom. The van der Waals surface area contributed by atoms with Crippen molar-refractivity contribution >= 4 is 53.4 Å². The van der Waals surface area contributed by atoms with Crippen LogP contribution >= 0.6 is 42.0 Å². The number of nitrogens with one attached hydrogen (secondary N) is 2. The molecule has 0 aliphatic heterocycles. The van der Waals surface area contributed by atoms with E-state index in [1.807, 2.05) is 0 Å². The van der Waals surface area contributed by atoms with Gasteiger partial charge in [-0.2, -0.15) is 11.4 Å². The van der Waals surface area contributed by atoms with E-state index in [1.54, 1.807) is 0 Å². The van der Waals surface area contributed by atoms with Crippen molar-refractivity contribution in [2.75, 3.05) is 0 Å². The summed E-state index contributed by atoms with van der Waals surface area (Å²) in [5, 5.41) is 0.644. The molecule has 0 fully saturated rings. The van der Waals surface area contributed by atoms with Gasteiger partial charge in [0.15, 0.2) is 0 Å². The number of benzene rings is 1. The van der Waals surface area contributed by atoms with E-state index in [1.165, 1.54) is 12.1 Å². The molecule has 0 amide bonds. The molecule has 0 unspecified atom stereocenters. The van der Waals surface area contributed by atoms with E-state index in [9.17, 15) is 0 Å². The fraction of sp³-hybridized carbons (Fsp3) is 0. The second kappa shape index (κ2) is 7.03. The van der Waals surface area contributed by atoms with Crippen LogP contribution in [0.4, 0.5) is 11.4 Å². The molecule has 0 radical (unpaired) electrons. The Morgan fingerprint density at radius 2 is 1.15 bits per heavy atom. The molecule has 2 N–H and O–H groups in total. The van der Waals surface area contributed by atoms with Crippen molar-refractivity contribution in [3.05, 3.63) is 33.6 Å². The first-order valence-electron chi connectivity index (χ1n) is 2.77. The zero-order valence-corrected chi connectivity index (χ0v) is 11.3. The zero-order valence-electron chi connectivity index (χ0n) is 5.98. The first kappa shape index (κ1) is 13.7. The van der Waals surface area contributed by atoms with Gasteiger partial charge < -0.3 is 11.5 Å². The molecule has 0 bridgehead atoms. The molecule has 76 valence electrons. The second-order valence-corrected chi connectivity index (χ2v) is 5.95. The van der Waals surface area contributed by atoms with Gasteiger partial charge in [-0.05, 0) is 0 Å². The molecule has 0 saturated carbocycles. The maximum Gasteiger partial charge on any atom is 0.0579 e. The Balaban J connectivity index is 0.000000424. The molecule has 0 spiro atoms. The smallest absolute Gasteiger partial charge is 0.0579 e. The standard InChI is InChI=1S/C6H4Cl2N2.2ClH.Pt/c7-3-1-5(9)6(10)2-4(3)8;;;/h1-2,9-10H;2*1H;/q-2;;;+4/p-2. The van der Waals surface area contributed by atoms with Gasteiger partial charge >= 0.3 is 35.3 Å². The van der Waals surface area contributed by atoms with Crippen LogP contribution in [0.15, 0.2) is 12.1 Å². The van der Waals surface area contributed by atoms with Crippen molar-refractivity contribution in [1.82, 2.24) is 0 Å². The van der Waals surface area contributed by atoms with Crippen molar-refractivity contribution in [3.8, 4) is 0 Å². The first-order chi connectivity index (χ1) is 6.02. The molecule has 0 aliphatic carbocycles. The molecule has 0 aliphatic rings. The normalized spacial score (nSPS) is 9.23. The fourth-order valence-corrected chi connectivity index (χ4v) is 0.874. The monoisotopic (exact) mass is 439 g/mol. The summed E-state index contributed by atoms with van der Waals surface area (Å²) >= 11 is 10.6. The summed E-state index contributed by atoms with van der Waals surface area (Å²) in [6, 6.07) is 2.71. The minimum Gasteiger partial charge on any atom is -0.700 e. The quantitative estimate of drug-likeness (QED) is 0.494. The van der Waals surface area contributed by atoms with Crippen LogP contribution in [0.25, 0.3) is 11.5 Å². The van der Waals surface area contributed by atoms with Crippen LogP contribution in [0.2, 0.25) is 10.0 Å². The molecule has 7 heteroatoms. The summed E-state index contributed by atoms with van der Waals surface area (Å²) in [5.74, 6) is 0. The minimum absolute atomic E-state index is 0.0920. The largest absolute Gasteiger partial charge is 0.700 e. The topological polar surface area (TPSA) is 47.6 Å². The molecule has 1 aromatic rings. The third-order valence-electron chi connectivity index (χ3n) is 1.06. The number of rotatable bonds is 0. The summed E-state index contributed by atoms with van der Waals surface area (Å²) in [6.07, 6.45) is 0. The molecular formula is C6H4Cl4N2Pt. The van der Waals surface area contributed by atoms with Crippen LogP contribution in [0.3, 0.4) is 0 Å². The average Bonchev–Trinajstić information content (AvgIpc) is 2.03. The summed E-state index contributed by atoms with van der Waals surface area (Å²) < 4.78 is 0. The van der Waals surface area contributed by atoms with Crippen molar-refractivity contribution in [3.63, 3.8) is 0 Å². The van der Waals surface area contributed by atoms with Crippen molar-refractivity contribution in [2.24, 2.45) is 0 Å². The van der Waals surface area contributed by atoms with E-state index in [0.29, 0.717) is 10.0 Å². The van der Waals surface area contributed by atoms with Gasteiger partial charge in [-0.25, -0.2) is 0 Å². The van der Waals surface area contributed by atoms with Gasteiger partial charge in [0, 0.05) is 0 Å². The predicted molar refractivity (Wildman–Crippen MR) is 56.1 cm³/mol. The summed E-state index contributed by atoms with van der Waals surface area (Å²) in [5.41, 5.74) is 14.4. The van der Waals surface area contributed by atoms with Crippen LogP contribution in [-0.4, -0.2) is 0 Å². The van der Waals surface area contributed by atoms with Crippen molar-refractivity contribution < 1.29 is 16.5 Å². The van der Waals surface area contributed by atoms with Gasteiger partial charge in [0.05, 0.1) is 10.0 Å².